The van der Waals surface area contributed by atoms with Crippen molar-refractivity contribution in [3.8, 4) is 17.0 Å². The maximum absolute atomic E-state index is 11.6. The Morgan fingerprint density at radius 1 is 1.17 bits per heavy atom. The number of aryl methyl sites for hydroxylation is 1. The van der Waals surface area contributed by atoms with E-state index >= 15 is 0 Å². The molecule has 7 nitrogen and oxygen atoms in total. The van der Waals surface area contributed by atoms with E-state index < -0.39 is 5.97 Å². The molecule has 0 atom stereocenters. The number of ether oxygens (including phenoxy) is 1. The van der Waals surface area contributed by atoms with Gasteiger partial charge in [-0.25, -0.2) is 14.8 Å². The van der Waals surface area contributed by atoms with Gasteiger partial charge in [0.05, 0.1) is 17.3 Å². The Balaban J connectivity index is 1.32. The SMILES string of the molecule is Cc1c(Cl)c(CCNc2cc(-c3ccc(C(=O)O)c(OC4CCC4)c3)ncn2)cc2cccnc12. The van der Waals surface area contributed by atoms with E-state index in [9.17, 15) is 9.90 Å². The van der Waals surface area contributed by atoms with Crippen LogP contribution < -0.4 is 10.1 Å². The monoisotopic (exact) mass is 488 g/mol. The van der Waals surface area contributed by atoms with Crippen LogP contribution in [0.2, 0.25) is 5.02 Å². The fourth-order valence-electron chi connectivity index (χ4n) is 4.19. The molecule has 0 saturated heterocycles. The second-order valence-corrected chi connectivity index (χ2v) is 9.08. The van der Waals surface area contributed by atoms with Gasteiger partial charge in [-0.1, -0.05) is 23.7 Å². The summed E-state index contributed by atoms with van der Waals surface area (Å²) in [7, 11) is 0. The Hall–Kier alpha value is -3.71. The van der Waals surface area contributed by atoms with Crippen molar-refractivity contribution in [3.05, 3.63) is 76.7 Å². The quantitative estimate of drug-likeness (QED) is 0.317. The molecule has 2 N–H and O–H groups in total. The Morgan fingerprint density at radius 2 is 2.03 bits per heavy atom. The molecule has 8 heteroatoms. The third kappa shape index (κ3) is 4.91. The molecule has 1 saturated carbocycles. The van der Waals surface area contributed by atoms with Crippen LogP contribution in [0, 0.1) is 6.92 Å². The maximum atomic E-state index is 11.6. The number of anilines is 1. The highest BCUT2D eigenvalue weighted by molar-refractivity contribution is 6.33. The molecule has 1 fully saturated rings. The highest BCUT2D eigenvalue weighted by Gasteiger charge is 2.22. The van der Waals surface area contributed by atoms with Gasteiger partial charge in [-0.3, -0.25) is 4.98 Å². The van der Waals surface area contributed by atoms with Crippen molar-refractivity contribution < 1.29 is 14.6 Å². The molecular formula is C27H25ClN4O3. The first-order chi connectivity index (χ1) is 17.0. The fourth-order valence-corrected chi connectivity index (χ4v) is 4.43. The summed E-state index contributed by atoms with van der Waals surface area (Å²) in [6.07, 6.45) is 7.06. The lowest BCUT2D eigenvalue weighted by molar-refractivity contribution is 0.0680. The Morgan fingerprint density at radius 3 is 2.80 bits per heavy atom. The lowest BCUT2D eigenvalue weighted by Gasteiger charge is -2.27. The molecular weight excluding hydrogens is 464 g/mol. The molecule has 2 aromatic carbocycles. The van der Waals surface area contributed by atoms with Crippen molar-refractivity contribution in [1.82, 2.24) is 15.0 Å². The summed E-state index contributed by atoms with van der Waals surface area (Å²) in [5.74, 6) is 0.0481. The number of aromatic carboxylic acids is 1. The number of nitrogens with one attached hydrogen (secondary N) is 1. The third-order valence-electron chi connectivity index (χ3n) is 6.36. The van der Waals surface area contributed by atoms with Gasteiger partial charge >= 0.3 is 5.97 Å². The van der Waals surface area contributed by atoms with Crippen LogP contribution in [0.1, 0.15) is 40.7 Å². The second-order valence-electron chi connectivity index (χ2n) is 8.70. The average molecular weight is 489 g/mol. The summed E-state index contributed by atoms with van der Waals surface area (Å²) in [6, 6.07) is 13.0. The van der Waals surface area contributed by atoms with E-state index in [0.29, 0.717) is 23.8 Å². The number of pyridine rings is 1. The number of hydrogen-bond acceptors (Lipinski definition) is 6. The largest absolute Gasteiger partial charge is 0.490 e. The standard InChI is InChI=1S/C27H25ClN4O3/c1-16-25(28)18(12-19-4-3-10-30-26(16)19)9-11-29-24-14-22(31-15-32-24)17-7-8-21(27(33)34)23(13-17)35-20-5-2-6-20/h3-4,7-8,10,12-15,20H,2,5-6,9,11H2,1H3,(H,33,34)(H,29,31,32). The number of carboxylic acid groups (broad SMARTS) is 1. The molecule has 0 aliphatic heterocycles. The normalized spacial score (nSPS) is 13.4. The molecule has 0 radical (unpaired) electrons. The zero-order valence-electron chi connectivity index (χ0n) is 19.3. The molecule has 2 aromatic heterocycles. The lowest BCUT2D eigenvalue weighted by atomic mass is 9.96. The predicted octanol–water partition coefficient (Wildman–Crippen LogP) is 5.94. The van der Waals surface area contributed by atoms with Crippen LogP contribution in [0.15, 0.2) is 55.0 Å². The number of benzene rings is 2. The molecule has 5 rings (SSSR count). The van der Waals surface area contributed by atoms with E-state index in [-0.39, 0.29) is 11.7 Å². The molecule has 178 valence electrons. The van der Waals surface area contributed by atoms with Crippen molar-refractivity contribution in [2.45, 2.75) is 38.7 Å². The van der Waals surface area contributed by atoms with Gasteiger partial charge in [0.15, 0.2) is 0 Å². The summed E-state index contributed by atoms with van der Waals surface area (Å²) >= 11 is 6.61. The molecule has 0 spiro atoms. The number of rotatable bonds is 8. The summed E-state index contributed by atoms with van der Waals surface area (Å²) in [5, 5.41) is 14.7. The van der Waals surface area contributed by atoms with E-state index in [0.717, 1.165) is 58.3 Å². The average Bonchev–Trinajstić information content (AvgIpc) is 2.84. The highest BCUT2D eigenvalue weighted by Crippen LogP contribution is 2.32. The van der Waals surface area contributed by atoms with Gasteiger partial charge in [0.1, 0.15) is 23.5 Å². The molecule has 0 unspecified atom stereocenters. The second kappa shape index (κ2) is 9.88. The van der Waals surface area contributed by atoms with Crippen LogP contribution in [0.5, 0.6) is 5.75 Å². The maximum Gasteiger partial charge on any atom is 0.339 e. The predicted molar refractivity (Wildman–Crippen MR) is 136 cm³/mol. The van der Waals surface area contributed by atoms with E-state index in [1.54, 1.807) is 24.4 Å². The van der Waals surface area contributed by atoms with Crippen molar-refractivity contribution in [1.29, 1.82) is 0 Å². The van der Waals surface area contributed by atoms with Crippen LogP contribution in [-0.4, -0.2) is 38.7 Å². The number of carboxylic acids is 1. The molecule has 0 bridgehead atoms. The van der Waals surface area contributed by atoms with E-state index in [1.807, 2.05) is 25.1 Å². The van der Waals surface area contributed by atoms with E-state index in [4.69, 9.17) is 16.3 Å². The van der Waals surface area contributed by atoms with Crippen molar-refractivity contribution in [2.24, 2.45) is 0 Å². The number of aromatic nitrogens is 3. The van der Waals surface area contributed by atoms with Gasteiger partial charge in [-0.2, -0.15) is 0 Å². The first-order valence-corrected chi connectivity index (χ1v) is 12.0. The third-order valence-corrected chi connectivity index (χ3v) is 6.88. The molecule has 1 aliphatic carbocycles. The Bertz CT molecular complexity index is 1400. The summed E-state index contributed by atoms with van der Waals surface area (Å²) in [6.45, 7) is 2.62. The van der Waals surface area contributed by atoms with Gasteiger partial charge in [0.2, 0.25) is 0 Å². The zero-order chi connectivity index (χ0) is 24.4. The minimum Gasteiger partial charge on any atom is -0.490 e. The lowest BCUT2D eigenvalue weighted by Crippen LogP contribution is -2.25. The van der Waals surface area contributed by atoms with Crippen LogP contribution >= 0.6 is 11.6 Å². The fraction of sp³-hybridized carbons (Fsp3) is 0.259. The summed E-state index contributed by atoms with van der Waals surface area (Å²) < 4.78 is 5.94. The molecule has 4 aromatic rings. The molecule has 0 amide bonds. The van der Waals surface area contributed by atoms with Gasteiger partial charge in [-0.05, 0) is 68.0 Å². The Kier molecular flexibility index (Phi) is 6.51. The van der Waals surface area contributed by atoms with Crippen molar-refractivity contribution in [3.63, 3.8) is 0 Å². The highest BCUT2D eigenvalue weighted by atomic mass is 35.5. The summed E-state index contributed by atoms with van der Waals surface area (Å²) in [4.78, 5) is 24.8. The molecule has 35 heavy (non-hydrogen) atoms. The van der Waals surface area contributed by atoms with Crippen LogP contribution in [-0.2, 0) is 6.42 Å². The van der Waals surface area contributed by atoms with Crippen molar-refractivity contribution >= 4 is 34.3 Å². The first kappa shape index (κ1) is 23.1. The summed E-state index contributed by atoms with van der Waals surface area (Å²) in [5.41, 5.74) is 4.57. The first-order valence-electron chi connectivity index (χ1n) is 11.6. The van der Waals surface area contributed by atoms with E-state index in [2.05, 4.69) is 26.3 Å². The van der Waals surface area contributed by atoms with Gasteiger partial charge in [0, 0.05) is 34.8 Å². The number of hydrogen-bond donors (Lipinski definition) is 2. The minimum atomic E-state index is -1.01. The topological polar surface area (TPSA) is 97.2 Å². The minimum absolute atomic E-state index is 0.0762. The molecule has 2 heterocycles. The van der Waals surface area contributed by atoms with Crippen molar-refractivity contribution in [2.75, 3.05) is 11.9 Å². The number of fused-ring (bicyclic) bond motifs is 1. The number of carbonyl (C=O) groups is 1. The van der Waals surface area contributed by atoms with Gasteiger partial charge in [0.25, 0.3) is 0 Å². The Labute approximate surface area is 208 Å². The number of halogens is 1. The van der Waals surface area contributed by atoms with Crippen LogP contribution in [0.4, 0.5) is 5.82 Å². The van der Waals surface area contributed by atoms with Crippen LogP contribution in [0.3, 0.4) is 0 Å². The van der Waals surface area contributed by atoms with E-state index in [1.165, 1.54) is 6.33 Å². The molecule has 1 aliphatic rings. The zero-order valence-corrected chi connectivity index (χ0v) is 20.0. The number of nitrogens with zero attached hydrogens (tertiary/aromatic N) is 3. The van der Waals surface area contributed by atoms with Gasteiger partial charge < -0.3 is 15.2 Å². The van der Waals surface area contributed by atoms with Gasteiger partial charge in [-0.15, -0.1) is 0 Å². The van der Waals surface area contributed by atoms with Crippen LogP contribution in [0.25, 0.3) is 22.2 Å². The smallest absolute Gasteiger partial charge is 0.339 e.